The van der Waals surface area contributed by atoms with Crippen molar-refractivity contribution in [2.75, 3.05) is 6.61 Å². The molecule has 2 saturated carbocycles. The predicted molar refractivity (Wildman–Crippen MR) is 95.1 cm³/mol. The molecule has 1 amide bonds. The summed E-state index contributed by atoms with van der Waals surface area (Å²) in [5.41, 5.74) is 1.03. The summed E-state index contributed by atoms with van der Waals surface area (Å²) in [5.74, 6) is 0.349. The standard InChI is InChI=1S/C18H19N3O3S/c22-15(9-2-3-10-12(8-9)19-17(25)21-16(10)23)20-13-11-4-7-24-14(11)18(13)5-1-6-18/h2-3,8,11,13-14H,1,4-7H2,(H,20,22)(H2,19,21,23,25)/t11-,13+,14-/m0/s1. The van der Waals surface area contributed by atoms with Gasteiger partial charge < -0.3 is 15.0 Å². The van der Waals surface area contributed by atoms with E-state index in [1.807, 2.05) is 0 Å². The number of benzene rings is 1. The maximum Gasteiger partial charge on any atom is 0.259 e. The molecule has 6 nitrogen and oxygen atoms in total. The van der Waals surface area contributed by atoms with E-state index in [0.29, 0.717) is 28.5 Å². The van der Waals surface area contributed by atoms with E-state index in [-0.39, 0.29) is 27.7 Å². The third kappa shape index (κ3) is 2.09. The lowest BCUT2D eigenvalue weighted by Crippen LogP contribution is -2.71. The molecule has 5 rings (SSSR count). The van der Waals surface area contributed by atoms with Crippen LogP contribution in [0.25, 0.3) is 10.9 Å². The highest BCUT2D eigenvalue weighted by atomic mass is 32.1. The molecule has 1 aromatic heterocycles. The van der Waals surface area contributed by atoms with Gasteiger partial charge in [0, 0.05) is 29.5 Å². The molecule has 2 aliphatic carbocycles. The number of carbonyl (C=O) groups is 1. The van der Waals surface area contributed by atoms with Crippen LogP contribution >= 0.6 is 12.2 Å². The number of H-pyrrole nitrogens is 2. The fourth-order valence-corrected chi connectivity index (χ4v) is 5.19. The molecule has 2 heterocycles. The smallest absolute Gasteiger partial charge is 0.259 e. The summed E-state index contributed by atoms with van der Waals surface area (Å²) in [7, 11) is 0. The van der Waals surface area contributed by atoms with Gasteiger partial charge >= 0.3 is 0 Å². The first kappa shape index (κ1) is 15.3. The topological polar surface area (TPSA) is 87.0 Å². The van der Waals surface area contributed by atoms with E-state index in [1.165, 1.54) is 6.42 Å². The van der Waals surface area contributed by atoms with Gasteiger partial charge in [-0.15, -0.1) is 0 Å². The average molecular weight is 357 g/mol. The predicted octanol–water partition coefficient (Wildman–Crippen LogP) is 2.27. The van der Waals surface area contributed by atoms with Crippen molar-refractivity contribution in [3.8, 4) is 0 Å². The maximum absolute atomic E-state index is 12.8. The fraction of sp³-hybridized carbons (Fsp3) is 0.500. The normalized spacial score (nSPS) is 29.0. The second kappa shape index (κ2) is 5.25. The monoisotopic (exact) mass is 357 g/mol. The summed E-state index contributed by atoms with van der Waals surface area (Å²) in [4.78, 5) is 30.2. The third-order valence-corrected chi connectivity index (χ3v) is 6.53. The Morgan fingerprint density at radius 1 is 1.32 bits per heavy atom. The van der Waals surface area contributed by atoms with Crippen molar-refractivity contribution >= 4 is 29.0 Å². The Bertz CT molecular complexity index is 991. The molecule has 130 valence electrons. The highest BCUT2D eigenvalue weighted by Gasteiger charge is 2.66. The SMILES string of the molecule is O=C(N[C@@H]1[C@@H]2CCO[C@@H]2C12CCC2)c1ccc2c(=O)[nH]c(=S)[nH]c2c1. The van der Waals surface area contributed by atoms with Gasteiger partial charge in [-0.05, 0) is 49.7 Å². The number of hydrogen-bond donors (Lipinski definition) is 3. The number of rotatable bonds is 2. The third-order valence-electron chi connectivity index (χ3n) is 6.32. The zero-order valence-electron chi connectivity index (χ0n) is 13.6. The zero-order chi connectivity index (χ0) is 17.2. The summed E-state index contributed by atoms with van der Waals surface area (Å²) in [5, 5.41) is 3.74. The van der Waals surface area contributed by atoms with Crippen LogP contribution in [0.3, 0.4) is 0 Å². The van der Waals surface area contributed by atoms with Crippen LogP contribution in [0.2, 0.25) is 0 Å². The molecule has 1 saturated heterocycles. The maximum atomic E-state index is 12.8. The van der Waals surface area contributed by atoms with Crippen molar-refractivity contribution in [2.24, 2.45) is 11.3 Å². The Morgan fingerprint density at radius 2 is 2.16 bits per heavy atom. The van der Waals surface area contributed by atoms with Gasteiger partial charge in [-0.3, -0.25) is 14.6 Å². The minimum Gasteiger partial charge on any atom is -0.377 e. The first-order valence-corrected chi connectivity index (χ1v) is 9.18. The van der Waals surface area contributed by atoms with Crippen LogP contribution in [0.4, 0.5) is 0 Å². The minimum atomic E-state index is -0.246. The van der Waals surface area contributed by atoms with E-state index in [2.05, 4.69) is 15.3 Å². The second-order valence-corrected chi connectivity index (χ2v) is 7.86. The Morgan fingerprint density at radius 3 is 2.92 bits per heavy atom. The summed E-state index contributed by atoms with van der Waals surface area (Å²) in [6, 6.07) is 5.26. The fourth-order valence-electron chi connectivity index (χ4n) is 4.99. The van der Waals surface area contributed by atoms with Gasteiger partial charge in [0.2, 0.25) is 0 Å². The molecular formula is C18H19N3O3S. The Balaban J connectivity index is 1.44. The van der Waals surface area contributed by atoms with Crippen LogP contribution in [0.15, 0.2) is 23.0 Å². The molecular weight excluding hydrogens is 338 g/mol. The lowest BCUT2D eigenvalue weighted by atomic mass is 9.46. The molecule has 3 N–H and O–H groups in total. The van der Waals surface area contributed by atoms with E-state index in [1.54, 1.807) is 18.2 Å². The summed E-state index contributed by atoms with van der Waals surface area (Å²) in [6.07, 6.45) is 4.85. The number of carbonyl (C=O) groups excluding carboxylic acids is 1. The van der Waals surface area contributed by atoms with Crippen LogP contribution in [-0.4, -0.2) is 34.6 Å². The average Bonchev–Trinajstić information content (AvgIpc) is 2.95. The van der Waals surface area contributed by atoms with Crippen LogP contribution in [0.5, 0.6) is 0 Å². The molecule has 1 spiro atoms. The second-order valence-electron chi connectivity index (χ2n) is 7.45. The number of fused-ring (bicyclic) bond motifs is 3. The van der Waals surface area contributed by atoms with Gasteiger partial charge in [0.25, 0.3) is 11.5 Å². The Kier molecular flexibility index (Phi) is 3.21. The van der Waals surface area contributed by atoms with E-state index < -0.39 is 0 Å². The molecule has 0 radical (unpaired) electrons. The van der Waals surface area contributed by atoms with Gasteiger partial charge in [0.05, 0.1) is 17.0 Å². The van der Waals surface area contributed by atoms with Crippen molar-refractivity contribution in [3.63, 3.8) is 0 Å². The van der Waals surface area contributed by atoms with Crippen LogP contribution < -0.4 is 10.9 Å². The van der Waals surface area contributed by atoms with E-state index in [0.717, 1.165) is 25.9 Å². The molecule has 3 aliphatic rings. The van der Waals surface area contributed by atoms with Crippen molar-refractivity contribution in [1.29, 1.82) is 0 Å². The molecule has 0 bridgehead atoms. The van der Waals surface area contributed by atoms with Gasteiger partial charge in [0.15, 0.2) is 4.77 Å². The van der Waals surface area contributed by atoms with Gasteiger partial charge in [-0.2, -0.15) is 0 Å². The first-order chi connectivity index (χ1) is 12.1. The minimum absolute atomic E-state index is 0.0943. The molecule has 1 aliphatic heterocycles. The molecule has 7 heteroatoms. The van der Waals surface area contributed by atoms with Crippen molar-refractivity contribution in [2.45, 2.75) is 37.8 Å². The van der Waals surface area contributed by atoms with E-state index >= 15 is 0 Å². The highest BCUT2D eigenvalue weighted by molar-refractivity contribution is 7.71. The van der Waals surface area contributed by atoms with Crippen molar-refractivity contribution in [3.05, 3.63) is 38.9 Å². The molecule has 3 fully saturated rings. The number of hydrogen-bond acceptors (Lipinski definition) is 4. The molecule has 3 atom stereocenters. The lowest BCUT2D eigenvalue weighted by Gasteiger charge is -2.63. The summed E-state index contributed by atoms with van der Waals surface area (Å²) in [6.45, 7) is 0.804. The largest absolute Gasteiger partial charge is 0.377 e. The van der Waals surface area contributed by atoms with Crippen LogP contribution in [-0.2, 0) is 4.74 Å². The molecule has 0 unspecified atom stereocenters. The molecule has 25 heavy (non-hydrogen) atoms. The summed E-state index contributed by atoms with van der Waals surface area (Å²) < 4.78 is 6.16. The molecule has 2 aromatic rings. The van der Waals surface area contributed by atoms with E-state index in [4.69, 9.17) is 17.0 Å². The molecule has 1 aromatic carbocycles. The highest BCUT2D eigenvalue weighted by Crippen LogP contribution is 2.62. The number of amides is 1. The van der Waals surface area contributed by atoms with E-state index in [9.17, 15) is 9.59 Å². The Labute approximate surface area is 149 Å². The Hall–Kier alpha value is -1.99. The first-order valence-electron chi connectivity index (χ1n) is 8.77. The van der Waals surface area contributed by atoms with Crippen LogP contribution in [0.1, 0.15) is 36.0 Å². The van der Waals surface area contributed by atoms with Crippen LogP contribution in [0, 0.1) is 16.1 Å². The number of nitrogens with one attached hydrogen (secondary N) is 3. The number of aromatic amines is 2. The van der Waals surface area contributed by atoms with Gasteiger partial charge in [-0.1, -0.05) is 6.42 Å². The summed E-state index contributed by atoms with van der Waals surface area (Å²) >= 11 is 5.01. The van der Waals surface area contributed by atoms with Crippen molar-refractivity contribution in [1.82, 2.24) is 15.3 Å². The quantitative estimate of drug-likeness (QED) is 0.720. The van der Waals surface area contributed by atoms with Gasteiger partial charge in [-0.25, -0.2) is 0 Å². The van der Waals surface area contributed by atoms with Gasteiger partial charge in [0.1, 0.15) is 0 Å². The zero-order valence-corrected chi connectivity index (χ0v) is 14.4. The number of ether oxygens (including phenoxy) is 1. The lowest BCUT2D eigenvalue weighted by molar-refractivity contribution is -0.172. The van der Waals surface area contributed by atoms with Crippen molar-refractivity contribution < 1.29 is 9.53 Å². The number of aromatic nitrogens is 2.